The van der Waals surface area contributed by atoms with E-state index in [1.807, 2.05) is 0 Å². The van der Waals surface area contributed by atoms with E-state index in [4.69, 9.17) is 0 Å². The van der Waals surface area contributed by atoms with E-state index < -0.39 is 23.8 Å². The van der Waals surface area contributed by atoms with E-state index in [1.54, 1.807) is 11.1 Å². The van der Waals surface area contributed by atoms with Gasteiger partial charge in [0.25, 0.3) is 0 Å². The summed E-state index contributed by atoms with van der Waals surface area (Å²) in [5.41, 5.74) is 3.54. The molecule has 8 rings (SSSR count). The number of aliphatic hydroxyl groups is 6. The number of hydrogen-bond donors (Lipinski definition) is 6. The average molecular weight is 613 g/mol. The molecule has 6 saturated carbocycles. The highest BCUT2D eigenvalue weighted by atomic mass is 16.5. The van der Waals surface area contributed by atoms with Crippen molar-refractivity contribution in [3.8, 4) is 0 Å². The Hall–Kier alpha value is -0.760. The fourth-order valence-corrected chi connectivity index (χ4v) is 13.8. The highest BCUT2D eigenvalue weighted by Crippen LogP contribution is 2.68. The average Bonchev–Trinajstić information content (AvgIpc) is 3.27. The summed E-state index contributed by atoms with van der Waals surface area (Å²) in [6.07, 6.45) is 20.2. The van der Waals surface area contributed by atoms with Gasteiger partial charge in [-0.3, -0.25) is 0 Å². The van der Waals surface area contributed by atoms with Gasteiger partial charge in [0.05, 0.1) is 0 Å². The fraction of sp³-hybridized carbons (Fsp3) is 0.895. The van der Waals surface area contributed by atoms with E-state index in [2.05, 4.69) is 39.8 Å². The molecule has 0 radical (unpaired) electrons. The molecule has 6 heteroatoms. The van der Waals surface area contributed by atoms with Crippen molar-refractivity contribution in [1.82, 2.24) is 0 Å². The molecule has 0 aromatic carbocycles. The summed E-state index contributed by atoms with van der Waals surface area (Å²) in [7, 11) is 0. The molecule has 6 nitrogen and oxygen atoms in total. The third-order valence-corrected chi connectivity index (χ3v) is 15.8. The van der Waals surface area contributed by atoms with Gasteiger partial charge in [-0.05, 0) is 148 Å². The molecular formula is C38H60O6. The molecule has 6 fully saturated rings. The Morgan fingerprint density at radius 2 is 0.955 bits per heavy atom. The van der Waals surface area contributed by atoms with Gasteiger partial charge in [-0.1, -0.05) is 51.0 Å². The van der Waals surface area contributed by atoms with Crippen LogP contribution in [0.2, 0.25) is 0 Å². The first-order chi connectivity index (χ1) is 20.6. The largest absolute Gasteiger partial charge is 0.387 e. The van der Waals surface area contributed by atoms with Crippen molar-refractivity contribution in [3.63, 3.8) is 0 Å². The van der Waals surface area contributed by atoms with E-state index in [0.29, 0.717) is 36.5 Å². The monoisotopic (exact) mass is 612 g/mol. The van der Waals surface area contributed by atoms with Crippen molar-refractivity contribution in [1.29, 1.82) is 0 Å². The van der Waals surface area contributed by atoms with Crippen LogP contribution in [-0.4, -0.2) is 54.4 Å². The van der Waals surface area contributed by atoms with Crippen LogP contribution in [0.3, 0.4) is 0 Å². The van der Waals surface area contributed by atoms with Crippen molar-refractivity contribution < 1.29 is 30.6 Å². The number of hydrogen-bond acceptors (Lipinski definition) is 6. The summed E-state index contributed by atoms with van der Waals surface area (Å²) < 4.78 is 0. The summed E-state index contributed by atoms with van der Waals surface area (Å²) in [6, 6.07) is 0. The Bertz CT molecular complexity index is 1110. The highest BCUT2D eigenvalue weighted by Gasteiger charge is 2.67. The van der Waals surface area contributed by atoms with Gasteiger partial charge >= 0.3 is 0 Å². The SMILES string of the molecule is C[C@]12CC[C@H]3[C@@H](CCC4=CCCC[C@@]43C)[C@@H]1C(O)(O)C(O)C2.C[C@]12CC[C@H]3[C@@H](CCC4=CCCC[C@@]43C)[C@@H]1C(O)(O)C(O)C2. The molecule has 2 unspecified atom stereocenters. The van der Waals surface area contributed by atoms with Gasteiger partial charge in [0, 0.05) is 11.8 Å². The first-order valence-electron chi connectivity index (χ1n) is 18.2. The molecule has 0 aromatic rings. The zero-order valence-corrected chi connectivity index (χ0v) is 27.8. The lowest BCUT2D eigenvalue weighted by molar-refractivity contribution is -0.263. The van der Waals surface area contributed by atoms with Gasteiger partial charge in [0.2, 0.25) is 0 Å². The molecule has 44 heavy (non-hydrogen) atoms. The summed E-state index contributed by atoms with van der Waals surface area (Å²) in [5, 5.41) is 63.0. The minimum atomic E-state index is -1.90. The summed E-state index contributed by atoms with van der Waals surface area (Å²) in [6.45, 7) is 9.16. The molecule has 248 valence electrons. The number of rotatable bonds is 0. The summed E-state index contributed by atoms with van der Waals surface area (Å²) in [5.74, 6) is -2.36. The van der Waals surface area contributed by atoms with E-state index in [9.17, 15) is 30.6 Å². The van der Waals surface area contributed by atoms with Crippen LogP contribution < -0.4 is 0 Å². The van der Waals surface area contributed by atoms with Crippen LogP contribution in [0.15, 0.2) is 23.3 Å². The van der Waals surface area contributed by atoms with Gasteiger partial charge in [-0.15, -0.1) is 0 Å². The summed E-state index contributed by atoms with van der Waals surface area (Å²) >= 11 is 0. The second-order valence-corrected chi connectivity index (χ2v) is 18.0. The van der Waals surface area contributed by atoms with Crippen LogP contribution in [0.25, 0.3) is 0 Å². The highest BCUT2D eigenvalue weighted by molar-refractivity contribution is 5.26. The Labute approximate surface area is 265 Å². The molecule has 0 aromatic heterocycles. The van der Waals surface area contributed by atoms with Gasteiger partial charge in [-0.2, -0.15) is 0 Å². The molecule has 0 bridgehead atoms. The first kappa shape index (κ1) is 31.8. The lowest BCUT2D eigenvalue weighted by atomic mass is 9.47. The Kier molecular flexibility index (Phi) is 7.50. The van der Waals surface area contributed by atoms with Crippen LogP contribution in [0.5, 0.6) is 0 Å². The van der Waals surface area contributed by atoms with Gasteiger partial charge in [0.15, 0.2) is 11.6 Å². The maximum atomic E-state index is 10.6. The topological polar surface area (TPSA) is 121 Å². The lowest BCUT2D eigenvalue weighted by Crippen LogP contribution is -2.56. The van der Waals surface area contributed by atoms with Crippen LogP contribution in [0.4, 0.5) is 0 Å². The standard InChI is InChI=1S/2C19H30O3/c2*1-17-10-8-14-13(16(17)19(21,22)15(20)11-17)7-6-12-5-3-4-9-18(12,14)2/h2*5,13-16,20-22H,3-4,6-11H2,1-2H3/t2*13-,14+,15?,16+,17-,18+/m11/s1. The molecule has 8 aliphatic carbocycles. The second-order valence-electron chi connectivity index (χ2n) is 18.0. The Morgan fingerprint density at radius 1 is 0.568 bits per heavy atom. The van der Waals surface area contributed by atoms with Gasteiger partial charge < -0.3 is 30.6 Å². The molecule has 0 heterocycles. The van der Waals surface area contributed by atoms with Gasteiger partial charge in [-0.25, -0.2) is 0 Å². The quantitative estimate of drug-likeness (QED) is 0.148. The first-order valence-corrected chi connectivity index (χ1v) is 18.2. The van der Waals surface area contributed by atoms with Crippen molar-refractivity contribution in [3.05, 3.63) is 23.3 Å². The molecule has 12 atom stereocenters. The molecule has 8 aliphatic rings. The molecule has 0 spiro atoms. The zero-order valence-electron chi connectivity index (χ0n) is 27.8. The van der Waals surface area contributed by atoms with E-state index in [-0.39, 0.29) is 33.5 Å². The Morgan fingerprint density at radius 3 is 1.34 bits per heavy atom. The maximum Gasteiger partial charge on any atom is 0.193 e. The maximum absolute atomic E-state index is 10.6. The van der Waals surface area contributed by atoms with Crippen LogP contribution in [0, 0.1) is 57.2 Å². The molecule has 0 amide bonds. The molecule has 6 N–H and O–H groups in total. The Balaban J connectivity index is 0.000000142. The van der Waals surface area contributed by atoms with Crippen LogP contribution in [0.1, 0.15) is 130 Å². The fourth-order valence-electron chi connectivity index (χ4n) is 13.8. The van der Waals surface area contributed by atoms with E-state index in [1.165, 1.54) is 51.4 Å². The summed E-state index contributed by atoms with van der Waals surface area (Å²) in [4.78, 5) is 0. The normalized spacial score (nSPS) is 53.2. The van der Waals surface area contributed by atoms with Crippen LogP contribution >= 0.6 is 0 Å². The predicted octanol–water partition coefficient (Wildman–Crippen LogP) is 5.98. The molecular weight excluding hydrogens is 552 g/mol. The number of fused-ring (bicyclic) bond motifs is 10. The third kappa shape index (κ3) is 4.40. The third-order valence-electron chi connectivity index (χ3n) is 15.8. The van der Waals surface area contributed by atoms with Crippen molar-refractivity contribution in [2.75, 3.05) is 0 Å². The van der Waals surface area contributed by atoms with Crippen molar-refractivity contribution in [2.45, 2.75) is 154 Å². The second kappa shape index (κ2) is 10.4. The smallest absolute Gasteiger partial charge is 0.193 e. The zero-order chi connectivity index (χ0) is 31.5. The van der Waals surface area contributed by atoms with Crippen LogP contribution in [-0.2, 0) is 0 Å². The number of aliphatic hydroxyl groups excluding tert-OH is 2. The molecule has 0 aliphatic heterocycles. The number of allylic oxidation sites excluding steroid dienone is 4. The minimum absolute atomic E-state index is 0.115. The molecule has 0 saturated heterocycles. The van der Waals surface area contributed by atoms with Gasteiger partial charge in [0.1, 0.15) is 12.2 Å². The van der Waals surface area contributed by atoms with Crippen molar-refractivity contribution >= 4 is 0 Å². The van der Waals surface area contributed by atoms with E-state index in [0.717, 1.165) is 38.5 Å². The lowest BCUT2D eigenvalue weighted by Gasteiger charge is -2.58. The van der Waals surface area contributed by atoms with E-state index >= 15 is 0 Å². The van der Waals surface area contributed by atoms with Crippen molar-refractivity contribution in [2.24, 2.45) is 57.2 Å². The predicted molar refractivity (Wildman–Crippen MR) is 170 cm³/mol. The minimum Gasteiger partial charge on any atom is -0.387 e.